The monoisotopic (exact) mass is 201 g/mol. The Morgan fingerprint density at radius 2 is 1.80 bits per heavy atom. The molecule has 3 heteroatoms. The van der Waals surface area contributed by atoms with Crippen molar-refractivity contribution in [1.29, 1.82) is 0 Å². The van der Waals surface area contributed by atoms with E-state index < -0.39 is 0 Å². The maximum atomic E-state index is 5.60. The minimum atomic E-state index is -0.105. The molecular formula is C12H13N2O. The van der Waals surface area contributed by atoms with Crippen LogP contribution in [-0.2, 0) is 5.41 Å². The molecule has 0 saturated carbocycles. The van der Waals surface area contributed by atoms with Crippen LogP contribution in [0.2, 0.25) is 0 Å². The Hall–Kier alpha value is -1.64. The van der Waals surface area contributed by atoms with Crippen molar-refractivity contribution in [3.05, 3.63) is 36.2 Å². The van der Waals surface area contributed by atoms with Crippen molar-refractivity contribution in [3.63, 3.8) is 0 Å². The van der Waals surface area contributed by atoms with E-state index in [0.29, 0.717) is 11.8 Å². The van der Waals surface area contributed by atoms with E-state index >= 15 is 0 Å². The highest BCUT2D eigenvalue weighted by atomic mass is 16.4. The average Bonchev–Trinajstić information content (AvgIpc) is 2.67. The topological polar surface area (TPSA) is 38.9 Å². The maximum Gasteiger partial charge on any atom is 0.247 e. The lowest BCUT2D eigenvalue weighted by Gasteiger charge is -2.10. The summed E-state index contributed by atoms with van der Waals surface area (Å²) in [5.74, 6) is 1.22. The standard InChI is InChI=1S/C12H13N2O/c1-12(2,3)11-14-13-10(15-11)9-7-5-4-6-8-9/h5-8H,1-3H3. The average molecular weight is 201 g/mol. The van der Waals surface area contributed by atoms with E-state index in [-0.39, 0.29) is 5.41 Å². The van der Waals surface area contributed by atoms with Gasteiger partial charge < -0.3 is 4.42 Å². The molecule has 0 fully saturated rings. The van der Waals surface area contributed by atoms with Crippen LogP contribution >= 0.6 is 0 Å². The minimum absolute atomic E-state index is 0.105. The van der Waals surface area contributed by atoms with Crippen molar-refractivity contribution < 1.29 is 4.42 Å². The zero-order valence-electron chi connectivity index (χ0n) is 9.11. The summed E-state index contributed by atoms with van der Waals surface area (Å²) in [6.45, 7) is 6.13. The molecule has 15 heavy (non-hydrogen) atoms. The van der Waals surface area contributed by atoms with Gasteiger partial charge in [-0.05, 0) is 18.2 Å². The van der Waals surface area contributed by atoms with E-state index in [0.717, 1.165) is 5.56 Å². The molecule has 0 aliphatic heterocycles. The Morgan fingerprint density at radius 3 is 2.33 bits per heavy atom. The van der Waals surface area contributed by atoms with Gasteiger partial charge in [-0.25, -0.2) is 0 Å². The number of hydrogen-bond donors (Lipinski definition) is 0. The van der Waals surface area contributed by atoms with Gasteiger partial charge >= 0.3 is 0 Å². The largest absolute Gasteiger partial charge is 0.420 e. The van der Waals surface area contributed by atoms with Gasteiger partial charge in [0.05, 0.1) is 0 Å². The van der Waals surface area contributed by atoms with Gasteiger partial charge in [-0.2, -0.15) is 0 Å². The molecule has 1 radical (unpaired) electrons. The quantitative estimate of drug-likeness (QED) is 0.712. The number of aromatic nitrogens is 2. The molecule has 3 nitrogen and oxygen atoms in total. The second kappa shape index (κ2) is 3.50. The molecule has 2 rings (SSSR count). The van der Waals surface area contributed by atoms with Crippen molar-refractivity contribution in [2.75, 3.05) is 0 Å². The van der Waals surface area contributed by atoms with Gasteiger partial charge in [0.15, 0.2) is 0 Å². The minimum Gasteiger partial charge on any atom is -0.420 e. The molecule has 0 saturated heterocycles. The zero-order valence-corrected chi connectivity index (χ0v) is 9.11. The molecule has 1 aromatic carbocycles. The van der Waals surface area contributed by atoms with E-state index in [1.165, 1.54) is 0 Å². The van der Waals surface area contributed by atoms with Gasteiger partial charge in [0.1, 0.15) is 0 Å². The molecule has 0 bridgehead atoms. The van der Waals surface area contributed by atoms with Crippen molar-refractivity contribution in [2.45, 2.75) is 26.2 Å². The first-order valence-electron chi connectivity index (χ1n) is 4.88. The fraction of sp³-hybridized carbons (Fsp3) is 0.333. The highest BCUT2D eigenvalue weighted by Crippen LogP contribution is 2.24. The molecule has 77 valence electrons. The molecule has 0 aliphatic rings. The predicted octanol–water partition coefficient (Wildman–Crippen LogP) is 2.83. The van der Waals surface area contributed by atoms with Crippen LogP contribution in [0.4, 0.5) is 0 Å². The van der Waals surface area contributed by atoms with Gasteiger partial charge in [-0.3, -0.25) is 0 Å². The van der Waals surface area contributed by atoms with Gasteiger partial charge in [0, 0.05) is 11.0 Å². The Kier molecular flexibility index (Phi) is 2.31. The second-order valence-electron chi connectivity index (χ2n) is 4.45. The molecule has 0 spiro atoms. The molecule has 2 aromatic rings. The van der Waals surface area contributed by atoms with Gasteiger partial charge in [-0.1, -0.05) is 32.9 Å². The molecule has 0 aliphatic carbocycles. The van der Waals surface area contributed by atoms with Crippen LogP contribution in [-0.4, -0.2) is 10.2 Å². The summed E-state index contributed by atoms with van der Waals surface area (Å²) in [7, 11) is 0. The molecule has 1 aromatic heterocycles. The second-order valence-corrected chi connectivity index (χ2v) is 4.45. The van der Waals surface area contributed by atoms with Crippen LogP contribution in [0.25, 0.3) is 11.5 Å². The van der Waals surface area contributed by atoms with Gasteiger partial charge in [0.2, 0.25) is 11.8 Å². The third-order valence-electron chi connectivity index (χ3n) is 2.03. The van der Waals surface area contributed by atoms with Crippen LogP contribution in [0.15, 0.2) is 28.7 Å². The van der Waals surface area contributed by atoms with Crippen molar-refractivity contribution in [2.24, 2.45) is 0 Å². The molecule has 0 unspecified atom stereocenters. The Bertz CT molecular complexity index is 440. The first kappa shape index (κ1) is 9.90. The van der Waals surface area contributed by atoms with Gasteiger partial charge in [0.25, 0.3) is 0 Å². The van der Waals surface area contributed by atoms with Crippen LogP contribution in [0.1, 0.15) is 26.7 Å². The van der Waals surface area contributed by atoms with Crippen molar-refractivity contribution in [1.82, 2.24) is 10.2 Å². The molecule has 0 amide bonds. The fourth-order valence-corrected chi connectivity index (χ4v) is 1.17. The van der Waals surface area contributed by atoms with Crippen LogP contribution in [0, 0.1) is 6.07 Å². The maximum absolute atomic E-state index is 5.60. The Morgan fingerprint density at radius 1 is 1.13 bits per heavy atom. The van der Waals surface area contributed by atoms with Crippen molar-refractivity contribution in [3.8, 4) is 11.5 Å². The molecule has 0 atom stereocenters. The van der Waals surface area contributed by atoms with E-state index in [1.807, 2.05) is 45.0 Å². The van der Waals surface area contributed by atoms with E-state index in [4.69, 9.17) is 4.42 Å². The lowest BCUT2D eigenvalue weighted by Crippen LogP contribution is -2.11. The van der Waals surface area contributed by atoms with Gasteiger partial charge in [-0.15, -0.1) is 10.2 Å². The Balaban J connectivity index is 2.37. The number of nitrogens with zero attached hydrogens (tertiary/aromatic N) is 2. The summed E-state index contributed by atoms with van der Waals surface area (Å²) in [5, 5.41) is 8.06. The van der Waals surface area contributed by atoms with Crippen molar-refractivity contribution >= 4 is 0 Å². The zero-order chi connectivity index (χ0) is 10.9. The molecule has 0 N–H and O–H groups in total. The summed E-state index contributed by atoms with van der Waals surface area (Å²) in [4.78, 5) is 0. The number of rotatable bonds is 1. The lowest BCUT2D eigenvalue weighted by atomic mass is 9.97. The molecule has 1 heterocycles. The molecular weight excluding hydrogens is 188 g/mol. The summed E-state index contributed by atoms with van der Waals surface area (Å²) in [5.41, 5.74) is 0.823. The van der Waals surface area contributed by atoms with E-state index in [2.05, 4.69) is 16.3 Å². The smallest absolute Gasteiger partial charge is 0.247 e. The first-order chi connectivity index (χ1) is 7.07. The van der Waals surface area contributed by atoms with E-state index in [9.17, 15) is 0 Å². The van der Waals surface area contributed by atoms with Crippen LogP contribution in [0.3, 0.4) is 0 Å². The third kappa shape index (κ3) is 2.06. The normalized spacial score (nSPS) is 11.7. The van der Waals surface area contributed by atoms with Crippen LogP contribution < -0.4 is 0 Å². The third-order valence-corrected chi connectivity index (χ3v) is 2.03. The first-order valence-corrected chi connectivity index (χ1v) is 4.88. The number of hydrogen-bond acceptors (Lipinski definition) is 3. The predicted molar refractivity (Wildman–Crippen MR) is 57.3 cm³/mol. The highest BCUT2D eigenvalue weighted by molar-refractivity contribution is 5.51. The summed E-state index contributed by atoms with van der Waals surface area (Å²) >= 11 is 0. The lowest BCUT2D eigenvalue weighted by molar-refractivity contribution is 0.399. The summed E-state index contributed by atoms with van der Waals surface area (Å²) in [6.07, 6.45) is 0. The highest BCUT2D eigenvalue weighted by Gasteiger charge is 2.21. The van der Waals surface area contributed by atoms with Crippen LogP contribution in [0.5, 0.6) is 0 Å². The Labute approximate surface area is 89.2 Å². The number of benzene rings is 1. The summed E-state index contributed by atoms with van der Waals surface area (Å²) < 4.78 is 5.60. The SMILES string of the molecule is CC(C)(C)c1nnc(-c2cc[c]cc2)o1. The van der Waals surface area contributed by atoms with E-state index in [1.54, 1.807) is 0 Å². The fourth-order valence-electron chi connectivity index (χ4n) is 1.17. The summed E-state index contributed by atoms with van der Waals surface area (Å²) in [6, 6.07) is 10.4.